The number of amides is 1. The van der Waals surface area contributed by atoms with Gasteiger partial charge in [0.25, 0.3) is 0 Å². The van der Waals surface area contributed by atoms with Crippen molar-refractivity contribution < 1.29 is 4.79 Å². The fourth-order valence-electron chi connectivity index (χ4n) is 2.88. The van der Waals surface area contributed by atoms with Gasteiger partial charge >= 0.3 is 0 Å². The maximum atomic E-state index is 12.5. The third-order valence-electron chi connectivity index (χ3n) is 4.32. The third-order valence-corrected chi connectivity index (χ3v) is 4.32. The van der Waals surface area contributed by atoms with Crippen molar-refractivity contribution in [3.8, 4) is 0 Å². The van der Waals surface area contributed by atoms with E-state index in [1.54, 1.807) is 0 Å². The number of carbonyl (C=O) groups excluding carboxylic acids is 1. The Bertz CT molecular complexity index is 429. The highest BCUT2D eigenvalue weighted by atomic mass is 16.2. The number of benzene rings is 1. The minimum atomic E-state index is -0.196. The first kappa shape index (κ1) is 16.0. The molecule has 0 aliphatic carbocycles. The molecule has 0 saturated carbocycles. The molecule has 1 saturated heterocycles. The average molecular weight is 289 g/mol. The molecular formula is C17H27N3O. The first-order valence-corrected chi connectivity index (χ1v) is 7.96. The molecule has 1 aliphatic heterocycles. The summed E-state index contributed by atoms with van der Waals surface area (Å²) in [6.45, 7) is 5.90. The van der Waals surface area contributed by atoms with Crippen LogP contribution in [0.4, 0.5) is 0 Å². The summed E-state index contributed by atoms with van der Waals surface area (Å²) in [6, 6.07) is 9.82. The highest BCUT2D eigenvalue weighted by Gasteiger charge is 2.24. The van der Waals surface area contributed by atoms with Gasteiger partial charge in [-0.3, -0.25) is 9.69 Å². The minimum Gasteiger partial charge on any atom is -0.354 e. The molecule has 2 atom stereocenters. The van der Waals surface area contributed by atoms with Gasteiger partial charge in [-0.05, 0) is 51.0 Å². The first-order valence-electron chi connectivity index (χ1n) is 7.96. The second-order valence-corrected chi connectivity index (χ2v) is 5.82. The molecule has 4 heteroatoms. The van der Waals surface area contributed by atoms with E-state index < -0.39 is 0 Å². The van der Waals surface area contributed by atoms with Crippen molar-refractivity contribution in [3.05, 3.63) is 35.9 Å². The molecule has 0 bridgehead atoms. The Labute approximate surface area is 127 Å². The largest absolute Gasteiger partial charge is 0.354 e. The van der Waals surface area contributed by atoms with E-state index in [9.17, 15) is 4.79 Å². The lowest BCUT2D eigenvalue weighted by Crippen LogP contribution is -2.39. The van der Waals surface area contributed by atoms with E-state index in [-0.39, 0.29) is 11.9 Å². The molecule has 1 heterocycles. The van der Waals surface area contributed by atoms with Crippen molar-refractivity contribution in [3.63, 3.8) is 0 Å². The fourth-order valence-corrected chi connectivity index (χ4v) is 2.88. The molecular weight excluding hydrogens is 262 g/mol. The predicted molar refractivity (Wildman–Crippen MR) is 86.1 cm³/mol. The predicted octanol–water partition coefficient (Wildman–Crippen LogP) is 1.80. The van der Waals surface area contributed by atoms with Gasteiger partial charge in [0, 0.05) is 6.54 Å². The molecule has 1 aromatic rings. The Morgan fingerprint density at radius 3 is 2.81 bits per heavy atom. The molecule has 2 N–H and O–H groups in total. The van der Waals surface area contributed by atoms with Crippen LogP contribution >= 0.6 is 0 Å². The van der Waals surface area contributed by atoms with E-state index in [2.05, 4.69) is 22.5 Å². The van der Waals surface area contributed by atoms with E-state index in [4.69, 9.17) is 0 Å². The van der Waals surface area contributed by atoms with Crippen molar-refractivity contribution in [1.29, 1.82) is 0 Å². The summed E-state index contributed by atoms with van der Waals surface area (Å²) in [5.41, 5.74) is 1.06. The summed E-state index contributed by atoms with van der Waals surface area (Å²) in [7, 11) is 2.00. The molecule has 0 spiro atoms. The van der Waals surface area contributed by atoms with E-state index in [0.717, 1.165) is 38.2 Å². The van der Waals surface area contributed by atoms with E-state index in [1.807, 2.05) is 37.4 Å². The summed E-state index contributed by atoms with van der Waals surface area (Å²) in [6.07, 6.45) is 2.29. The Kier molecular flexibility index (Phi) is 6.21. The van der Waals surface area contributed by atoms with Gasteiger partial charge in [0.15, 0.2) is 0 Å². The SMILES string of the molecule is CCN(C)C(C(=O)NCCC1CCNC1)c1ccccc1. The molecule has 1 aromatic carbocycles. The third kappa shape index (κ3) is 4.55. The van der Waals surface area contributed by atoms with Crippen LogP contribution in [0.25, 0.3) is 0 Å². The maximum Gasteiger partial charge on any atom is 0.241 e. The van der Waals surface area contributed by atoms with E-state index in [0.29, 0.717) is 5.92 Å². The second-order valence-electron chi connectivity index (χ2n) is 5.82. The van der Waals surface area contributed by atoms with Gasteiger partial charge in [-0.1, -0.05) is 37.3 Å². The monoisotopic (exact) mass is 289 g/mol. The van der Waals surface area contributed by atoms with Crippen molar-refractivity contribution >= 4 is 5.91 Å². The topological polar surface area (TPSA) is 44.4 Å². The first-order chi connectivity index (χ1) is 10.2. The molecule has 1 aliphatic rings. The number of carbonyl (C=O) groups is 1. The van der Waals surface area contributed by atoms with E-state index >= 15 is 0 Å². The standard InChI is InChI=1S/C17H27N3O/c1-3-20(2)16(15-7-5-4-6-8-15)17(21)19-12-10-14-9-11-18-13-14/h4-8,14,16,18H,3,9-13H2,1-2H3,(H,19,21). The fraction of sp³-hybridized carbons (Fsp3) is 0.588. The van der Waals surface area contributed by atoms with Crippen LogP contribution < -0.4 is 10.6 Å². The van der Waals surface area contributed by atoms with Crippen molar-refractivity contribution in [2.45, 2.75) is 25.8 Å². The quantitative estimate of drug-likeness (QED) is 0.804. The van der Waals surface area contributed by atoms with Gasteiger partial charge < -0.3 is 10.6 Å². The van der Waals surface area contributed by atoms with Crippen LogP contribution in [0.3, 0.4) is 0 Å². The summed E-state index contributed by atoms with van der Waals surface area (Å²) < 4.78 is 0. The van der Waals surface area contributed by atoms with Gasteiger partial charge in [0.05, 0.1) is 0 Å². The molecule has 4 nitrogen and oxygen atoms in total. The number of likely N-dealkylation sites (N-methyl/N-ethyl adjacent to an activating group) is 1. The van der Waals surface area contributed by atoms with Gasteiger partial charge in [0.2, 0.25) is 5.91 Å². The zero-order valence-corrected chi connectivity index (χ0v) is 13.1. The number of rotatable bonds is 7. The molecule has 2 rings (SSSR count). The molecule has 2 unspecified atom stereocenters. The molecule has 1 fully saturated rings. The molecule has 116 valence electrons. The zero-order chi connectivity index (χ0) is 15.1. The summed E-state index contributed by atoms with van der Waals surface area (Å²) in [4.78, 5) is 14.6. The lowest BCUT2D eigenvalue weighted by atomic mass is 10.0. The summed E-state index contributed by atoms with van der Waals surface area (Å²) in [5.74, 6) is 0.820. The Balaban J connectivity index is 1.91. The Hall–Kier alpha value is -1.39. The zero-order valence-electron chi connectivity index (χ0n) is 13.1. The highest BCUT2D eigenvalue weighted by molar-refractivity contribution is 5.83. The van der Waals surface area contributed by atoms with Crippen molar-refractivity contribution in [1.82, 2.24) is 15.5 Å². The lowest BCUT2D eigenvalue weighted by molar-refractivity contribution is -0.126. The van der Waals surface area contributed by atoms with Crippen LogP contribution in [-0.4, -0.2) is 44.0 Å². The van der Waals surface area contributed by atoms with Crippen LogP contribution in [0, 0.1) is 5.92 Å². The smallest absolute Gasteiger partial charge is 0.241 e. The van der Waals surface area contributed by atoms with Crippen LogP contribution in [0.5, 0.6) is 0 Å². The van der Waals surface area contributed by atoms with Gasteiger partial charge in [0.1, 0.15) is 6.04 Å². The molecule has 0 radical (unpaired) electrons. The number of hydrogen-bond donors (Lipinski definition) is 2. The number of nitrogens with zero attached hydrogens (tertiary/aromatic N) is 1. The van der Waals surface area contributed by atoms with Crippen molar-refractivity contribution in [2.24, 2.45) is 5.92 Å². The van der Waals surface area contributed by atoms with E-state index in [1.165, 1.54) is 6.42 Å². The van der Waals surface area contributed by atoms with Gasteiger partial charge in [-0.15, -0.1) is 0 Å². The summed E-state index contributed by atoms with van der Waals surface area (Å²) in [5, 5.41) is 6.48. The van der Waals surface area contributed by atoms with Crippen LogP contribution in [0.15, 0.2) is 30.3 Å². The molecule has 0 aromatic heterocycles. The molecule has 1 amide bonds. The molecule has 21 heavy (non-hydrogen) atoms. The normalized spacial score (nSPS) is 19.7. The van der Waals surface area contributed by atoms with Crippen LogP contribution in [0.2, 0.25) is 0 Å². The Morgan fingerprint density at radius 2 is 2.19 bits per heavy atom. The van der Waals surface area contributed by atoms with Crippen LogP contribution in [-0.2, 0) is 4.79 Å². The van der Waals surface area contributed by atoms with Crippen LogP contribution in [0.1, 0.15) is 31.4 Å². The van der Waals surface area contributed by atoms with Crippen molar-refractivity contribution in [2.75, 3.05) is 33.2 Å². The number of nitrogens with one attached hydrogen (secondary N) is 2. The average Bonchev–Trinajstić information content (AvgIpc) is 3.01. The highest BCUT2D eigenvalue weighted by Crippen LogP contribution is 2.19. The minimum absolute atomic E-state index is 0.108. The second kappa shape index (κ2) is 8.15. The maximum absolute atomic E-state index is 12.5. The summed E-state index contributed by atoms with van der Waals surface area (Å²) >= 11 is 0. The van der Waals surface area contributed by atoms with Gasteiger partial charge in [-0.25, -0.2) is 0 Å². The van der Waals surface area contributed by atoms with Gasteiger partial charge in [-0.2, -0.15) is 0 Å². The number of hydrogen-bond acceptors (Lipinski definition) is 3. The Morgan fingerprint density at radius 1 is 1.43 bits per heavy atom. The lowest BCUT2D eigenvalue weighted by Gasteiger charge is -2.26.